The number of methoxy groups -OCH3 is 1. The summed E-state index contributed by atoms with van der Waals surface area (Å²) in [7, 11) is 1.63. The van der Waals surface area contributed by atoms with Gasteiger partial charge >= 0.3 is 5.97 Å². The Morgan fingerprint density at radius 1 is 1.22 bits per heavy atom. The fourth-order valence-electron chi connectivity index (χ4n) is 3.42. The van der Waals surface area contributed by atoms with Gasteiger partial charge < -0.3 is 9.84 Å². The molecule has 2 N–H and O–H groups in total. The molecule has 36 heavy (non-hydrogen) atoms. The predicted octanol–water partition coefficient (Wildman–Crippen LogP) is 6.33. The number of nitrogens with one attached hydrogen (secondary N) is 1. The molecule has 190 valence electrons. The van der Waals surface area contributed by atoms with Crippen LogP contribution in [0.15, 0.2) is 41.3 Å². The van der Waals surface area contributed by atoms with Gasteiger partial charge in [-0.15, -0.1) is 11.3 Å². The maximum absolute atomic E-state index is 15.1. The van der Waals surface area contributed by atoms with Crippen LogP contribution >= 0.6 is 11.3 Å². The van der Waals surface area contributed by atoms with Gasteiger partial charge in [0.25, 0.3) is 5.91 Å². The molecular weight excluding hydrogens is 493 g/mol. The number of carbonyl (C=O) groups is 2. The first-order valence-corrected chi connectivity index (χ1v) is 12.0. The average molecular weight is 519 g/mol. The molecule has 2 aromatic carbocycles. The third-order valence-electron chi connectivity index (χ3n) is 5.58. The minimum absolute atomic E-state index is 0.0874. The molecule has 0 aliphatic rings. The summed E-state index contributed by atoms with van der Waals surface area (Å²) in [5.41, 5.74) is 0.0158. The molecule has 1 unspecified atom stereocenters. The van der Waals surface area contributed by atoms with Gasteiger partial charge in [-0.2, -0.15) is 0 Å². The molecule has 3 aromatic rings. The molecule has 1 atom stereocenters. The van der Waals surface area contributed by atoms with Crippen LogP contribution in [0.4, 0.5) is 18.3 Å². The number of benzene rings is 2. The van der Waals surface area contributed by atoms with Crippen molar-refractivity contribution in [3.05, 3.63) is 75.4 Å². The summed E-state index contributed by atoms with van der Waals surface area (Å²) >= 11 is 1.04. The predicted molar refractivity (Wildman–Crippen MR) is 133 cm³/mol. The Morgan fingerprint density at radius 3 is 2.56 bits per heavy atom. The number of rotatable bonds is 10. The number of aromatic nitrogens is 1. The van der Waals surface area contributed by atoms with Crippen molar-refractivity contribution in [3.63, 3.8) is 0 Å². The monoisotopic (exact) mass is 518 g/mol. The van der Waals surface area contributed by atoms with E-state index in [9.17, 15) is 18.4 Å². The number of carboxylic acid groups (broad SMARTS) is 1. The normalized spacial score (nSPS) is 12.4. The third-order valence-corrected chi connectivity index (χ3v) is 6.34. The molecule has 6 nitrogen and oxygen atoms in total. The SMILES string of the molecule is COC(C)CCCc1cccc(-c2csc(NC(=O)c3cc(F)c(C=C(C)C(=O)O)c(F)c3)n2)c1F. The van der Waals surface area contributed by atoms with Crippen molar-refractivity contribution in [1.29, 1.82) is 0 Å². The lowest BCUT2D eigenvalue weighted by atomic mass is 10.0. The van der Waals surface area contributed by atoms with Crippen molar-refractivity contribution in [3.8, 4) is 11.3 Å². The number of hydrogen-bond donors (Lipinski definition) is 2. The Hall–Kier alpha value is -3.50. The molecule has 3 rings (SSSR count). The topological polar surface area (TPSA) is 88.5 Å². The van der Waals surface area contributed by atoms with Gasteiger partial charge in [0, 0.05) is 34.8 Å². The third kappa shape index (κ3) is 6.58. The fraction of sp³-hybridized carbons (Fsp3) is 0.269. The largest absolute Gasteiger partial charge is 0.478 e. The molecule has 0 aliphatic heterocycles. The van der Waals surface area contributed by atoms with Gasteiger partial charge in [-0.1, -0.05) is 12.1 Å². The van der Waals surface area contributed by atoms with Crippen LogP contribution in [0.3, 0.4) is 0 Å². The number of aliphatic carboxylic acids is 1. The minimum Gasteiger partial charge on any atom is -0.478 e. The van der Waals surface area contributed by atoms with Crippen LogP contribution in [0.25, 0.3) is 17.3 Å². The summed E-state index contributed by atoms with van der Waals surface area (Å²) in [5.74, 6) is -4.70. The van der Waals surface area contributed by atoms with Crippen LogP contribution in [-0.4, -0.2) is 35.2 Å². The van der Waals surface area contributed by atoms with Crippen LogP contribution in [0.2, 0.25) is 0 Å². The Balaban J connectivity index is 1.75. The molecule has 0 fully saturated rings. The van der Waals surface area contributed by atoms with Gasteiger partial charge in [-0.3, -0.25) is 10.1 Å². The second kappa shape index (κ2) is 12.0. The number of nitrogens with zero attached hydrogens (tertiary/aromatic N) is 1. The number of anilines is 1. The van der Waals surface area contributed by atoms with E-state index in [-0.39, 0.29) is 27.9 Å². The maximum Gasteiger partial charge on any atom is 0.331 e. The number of aryl methyl sites for hydroxylation is 1. The molecule has 0 spiro atoms. The summed E-state index contributed by atoms with van der Waals surface area (Å²) in [6.07, 6.45) is 3.03. The zero-order valence-corrected chi connectivity index (χ0v) is 20.7. The Bertz CT molecular complexity index is 1280. The zero-order chi connectivity index (χ0) is 26.4. The smallest absolute Gasteiger partial charge is 0.331 e. The summed E-state index contributed by atoms with van der Waals surface area (Å²) < 4.78 is 49.1. The standard InChI is InChI=1S/C26H25F3N2O4S/c1-14(25(33)34)10-19-20(27)11-17(12-21(19)28)24(32)31-26-30-22(13-36-26)18-9-5-8-16(23(18)29)7-4-6-15(2)35-3/h5,8-13,15H,4,6-7H2,1-3H3,(H,33,34)(H,30,31,32). The molecule has 0 saturated heterocycles. The van der Waals surface area contributed by atoms with Crippen molar-refractivity contribution >= 4 is 34.4 Å². The number of thiazole rings is 1. The van der Waals surface area contributed by atoms with Gasteiger partial charge in [-0.05, 0) is 62.9 Å². The van der Waals surface area contributed by atoms with Crippen molar-refractivity contribution < 1.29 is 32.6 Å². The highest BCUT2D eigenvalue weighted by Gasteiger charge is 2.18. The average Bonchev–Trinajstić information content (AvgIpc) is 3.29. The highest BCUT2D eigenvalue weighted by atomic mass is 32.1. The molecule has 0 aliphatic carbocycles. The van der Waals surface area contributed by atoms with E-state index in [1.807, 2.05) is 6.92 Å². The van der Waals surface area contributed by atoms with E-state index in [0.29, 0.717) is 17.7 Å². The van der Waals surface area contributed by atoms with Gasteiger partial charge in [0.05, 0.1) is 11.8 Å². The molecular formula is C26H25F3N2O4S. The molecule has 10 heteroatoms. The number of carbonyl (C=O) groups excluding carboxylic acids is 1. The first-order valence-electron chi connectivity index (χ1n) is 11.1. The van der Waals surface area contributed by atoms with E-state index >= 15 is 4.39 Å². The minimum atomic E-state index is -1.32. The lowest BCUT2D eigenvalue weighted by Crippen LogP contribution is -2.13. The Labute approximate surface area is 210 Å². The molecule has 0 bridgehead atoms. The van der Waals surface area contributed by atoms with Gasteiger partial charge in [0.1, 0.15) is 17.5 Å². The lowest BCUT2D eigenvalue weighted by molar-refractivity contribution is -0.132. The van der Waals surface area contributed by atoms with Crippen molar-refractivity contribution in [2.45, 2.75) is 39.2 Å². The summed E-state index contributed by atoms with van der Waals surface area (Å²) in [4.78, 5) is 27.7. The molecule has 0 radical (unpaired) electrons. The highest BCUT2D eigenvalue weighted by Crippen LogP contribution is 2.29. The van der Waals surface area contributed by atoms with Gasteiger partial charge in [-0.25, -0.2) is 22.9 Å². The number of carboxylic acids is 1. The maximum atomic E-state index is 15.1. The van der Waals surface area contributed by atoms with E-state index in [2.05, 4.69) is 10.3 Å². The Morgan fingerprint density at radius 2 is 1.92 bits per heavy atom. The molecule has 1 aromatic heterocycles. The number of halogens is 3. The number of ether oxygens (including phenoxy) is 1. The first-order chi connectivity index (χ1) is 17.1. The van der Waals surface area contributed by atoms with E-state index in [4.69, 9.17) is 9.84 Å². The first kappa shape index (κ1) is 27.1. The summed E-state index contributed by atoms with van der Waals surface area (Å²) in [5, 5.41) is 13.1. The quantitative estimate of drug-likeness (QED) is 0.307. The van der Waals surface area contributed by atoms with Crippen LogP contribution in [0, 0.1) is 17.5 Å². The van der Waals surface area contributed by atoms with Crippen molar-refractivity contribution in [2.24, 2.45) is 0 Å². The van der Waals surface area contributed by atoms with Crippen molar-refractivity contribution in [1.82, 2.24) is 4.98 Å². The van der Waals surface area contributed by atoms with E-state index in [1.165, 1.54) is 6.92 Å². The lowest BCUT2D eigenvalue weighted by Gasteiger charge is -2.10. The molecule has 1 heterocycles. The summed E-state index contributed by atoms with van der Waals surface area (Å²) in [6.45, 7) is 3.15. The van der Waals surface area contributed by atoms with Crippen molar-refractivity contribution in [2.75, 3.05) is 12.4 Å². The summed E-state index contributed by atoms with van der Waals surface area (Å²) in [6, 6.07) is 6.65. The van der Waals surface area contributed by atoms with E-state index < -0.39 is 34.9 Å². The molecule has 0 saturated carbocycles. The van der Waals surface area contributed by atoms with E-state index in [0.717, 1.165) is 42.4 Å². The highest BCUT2D eigenvalue weighted by molar-refractivity contribution is 7.14. The van der Waals surface area contributed by atoms with Gasteiger partial charge in [0.2, 0.25) is 0 Å². The Kier molecular flexibility index (Phi) is 9.00. The number of hydrogen-bond acceptors (Lipinski definition) is 5. The zero-order valence-electron chi connectivity index (χ0n) is 19.9. The van der Waals surface area contributed by atoms with Gasteiger partial charge in [0.15, 0.2) is 5.13 Å². The van der Waals surface area contributed by atoms with Crippen LogP contribution < -0.4 is 5.32 Å². The fourth-order valence-corrected chi connectivity index (χ4v) is 4.13. The number of amides is 1. The van der Waals surface area contributed by atoms with E-state index in [1.54, 1.807) is 30.7 Å². The van der Waals surface area contributed by atoms with Crippen LogP contribution in [0.1, 0.15) is 48.2 Å². The van der Waals surface area contributed by atoms with Crippen LogP contribution in [-0.2, 0) is 16.0 Å². The van der Waals surface area contributed by atoms with Crippen LogP contribution in [0.5, 0.6) is 0 Å². The second-order valence-corrected chi connectivity index (χ2v) is 9.05. The second-order valence-electron chi connectivity index (χ2n) is 8.20. The molecule has 1 amide bonds.